The summed E-state index contributed by atoms with van der Waals surface area (Å²) in [5.41, 5.74) is 7.05. The second-order valence-electron chi connectivity index (χ2n) is 9.71. The highest BCUT2D eigenvalue weighted by Crippen LogP contribution is 2.40. The van der Waals surface area contributed by atoms with Gasteiger partial charge in [-0.3, -0.25) is 0 Å². The first-order valence-electron chi connectivity index (χ1n) is 11.9. The van der Waals surface area contributed by atoms with Crippen LogP contribution in [-0.4, -0.2) is 4.98 Å². The minimum absolute atomic E-state index is 0.345. The molecule has 166 valence electrons. The van der Waals surface area contributed by atoms with E-state index in [0.717, 1.165) is 33.5 Å². The van der Waals surface area contributed by atoms with Gasteiger partial charge in [0.1, 0.15) is 7.05 Å². The fourth-order valence-corrected chi connectivity index (χ4v) is 5.69. The Kier molecular flexibility index (Phi) is 4.72. The molecule has 33 heavy (non-hydrogen) atoms. The third kappa shape index (κ3) is 3.31. The molecule has 0 atom stereocenters. The zero-order chi connectivity index (χ0) is 22.7. The van der Waals surface area contributed by atoms with Gasteiger partial charge in [0.2, 0.25) is 17.4 Å². The lowest BCUT2D eigenvalue weighted by atomic mass is 9.92. The van der Waals surface area contributed by atoms with Crippen LogP contribution < -0.4 is 4.57 Å². The van der Waals surface area contributed by atoms with Crippen LogP contribution in [0.5, 0.6) is 0 Å². The Morgan fingerprint density at radius 3 is 2.61 bits per heavy atom. The van der Waals surface area contributed by atoms with Gasteiger partial charge in [-0.15, -0.1) is 0 Å². The van der Waals surface area contributed by atoms with Crippen LogP contribution in [0, 0.1) is 25.7 Å². The molecule has 3 nitrogen and oxygen atoms in total. The molecular formula is C29H28FN2O+. The summed E-state index contributed by atoms with van der Waals surface area (Å²) in [6, 6.07) is 14.4. The molecule has 2 aromatic carbocycles. The molecule has 1 aliphatic carbocycles. The minimum atomic E-state index is -0.526. The Morgan fingerprint density at radius 1 is 1.00 bits per heavy atom. The highest BCUT2D eigenvalue weighted by Gasteiger charge is 2.25. The lowest BCUT2D eigenvalue weighted by molar-refractivity contribution is -0.659. The van der Waals surface area contributed by atoms with E-state index in [1.165, 1.54) is 65.6 Å². The average molecular weight is 440 g/mol. The van der Waals surface area contributed by atoms with Gasteiger partial charge in [-0.2, -0.15) is 9.37 Å². The molecule has 0 unspecified atom stereocenters. The summed E-state index contributed by atoms with van der Waals surface area (Å²) in [6.45, 7) is 4.26. The van der Waals surface area contributed by atoms with Crippen molar-refractivity contribution in [1.29, 1.82) is 0 Å². The van der Waals surface area contributed by atoms with Crippen molar-refractivity contribution in [2.75, 3.05) is 0 Å². The van der Waals surface area contributed by atoms with Gasteiger partial charge in [0.05, 0.1) is 10.9 Å². The van der Waals surface area contributed by atoms with Gasteiger partial charge in [0, 0.05) is 16.8 Å². The van der Waals surface area contributed by atoms with Gasteiger partial charge < -0.3 is 4.42 Å². The van der Waals surface area contributed by atoms with Gasteiger partial charge in [0.25, 0.3) is 0 Å². The molecule has 0 aliphatic heterocycles. The van der Waals surface area contributed by atoms with Crippen LogP contribution in [0.4, 0.5) is 4.39 Å². The van der Waals surface area contributed by atoms with Crippen LogP contribution >= 0.6 is 0 Å². The summed E-state index contributed by atoms with van der Waals surface area (Å²) in [6.07, 6.45) is 8.75. The van der Waals surface area contributed by atoms with Crippen LogP contribution in [0.2, 0.25) is 0 Å². The van der Waals surface area contributed by atoms with Crippen molar-refractivity contribution in [2.24, 2.45) is 13.0 Å². The van der Waals surface area contributed by atoms with Gasteiger partial charge in [0.15, 0.2) is 11.8 Å². The van der Waals surface area contributed by atoms with Gasteiger partial charge in [-0.25, -0.2) is 4.57 Å². The highest BCUT2D eigenvalue weighted by molar-refractivity contribution is 6.11. The zero-order valence-electron chi connectivity index (χ0n) is 19.4. The van der Waals surface area contributed by atoms with Gasteiger partial charge in [-0.05, 0) is 72.5 Å². The SMILES string of the molecule is Cc1cc2c(oc3nc(F)ccc32)c(-c2c3ccc(CC4CCCC4)cc3cc[n+]2C)c1C. The fourth-order valence-electron chi connectivity index (χ4n) is 5.69. The lowest BCUT2D eigenvalue weighted by Gasteiger charge is -2.13. The summed E-state index contributed by atoms with van der Waals surface area (Å²) >= 11 is 0. The highest BCUT2D eigenvalue weighted by atomic mass is 19.1. The number of aromatic nitrogens is 2. The van der Waals surface area contributed by atoms with Crippen molar-refractivity contribution in [3.8, 4) is 11.3 Å². The molecule has 3 aromatic heterocycles. The number of nitrogens with zero attached hydrogens (tertiary/aromatic N) is 2. The van der Waals surface area contributed by atoms with E-state index in [1.54, 1.807) is 6.07 Å². The lowest BCUT2D eigenvalue weighted by Crippen LogP contribution is -2.31. The third-order valence-corrected chi connectivity index (χ3v) is 7.55. The van der Waals surface area contributed by atoms with Crippen LogP contribution in [0.3, 0.4) is 0 Å². The monoisotopic (exact) mass is 439 g/mol. The maximum atomic E-state index is 13.8. The van der Waals surface area contributed by atoms with E-state index < -0.39 is 5.95 Å². The molecule has 0 spiro atoms. The molecule has 1 saturated carbocycles. The molecule has 0 amide bonds. The summed E-state index contributed by atoms with van der Waals surface area (Å²) in [7, 11) is 2.08. The Morgan fingerprint density at radius 2 is 1.79 bits per heavy atom. The Balaban J connectivity index is 1.60. The van der Waals surface area contributed by atoms with Gasteiger partial charge >= 0.3 is 0 Å². The number of aryl methyl sites for hydroxylation is 2. The molecule has 1 fully saturated rings. The number of pyridine rings is 2. The van der Waals surface area contributed by atoms with Gasteiger partial charge in [-0.1, -0.05) is 37.8 Å². The molecule has 0 bridgehead atoms. The van der Waals surface area contributed by atoms with Crippen LogP contribution in [0.15, 0.2) is 53.1 Å². The number of rotatable bonds is 3. The molecule has 0 radical (unpaired) electrons. The summed E-state index contributed by atoms with van der Waals surface area (Å²) in [5.74, 6) is 0.297. The number of fused-ring (bicyclic) bond motifs is 4. The normalized spacial score (nSPS) is 14.8. The first kappa shape index (κ1) is 20.3. The van der Waals surface area contributed by atoms with Crippen LogP contribution in [0.1, 0.15) is 42.4 Å². The van der Waals surface area contributed by atoms with E-state index in [9.17, 15) is 4.39 Å². The first-order valence-corrected chi connectivity index (χ1v) is 11.9. The van der Waals surface area contributed by atoms with E-state index in [4.69, 9.17) is 4.42 Å². The van der Waals surface area contributed by atoms with Crippen LogP contribution in [-0.2, 0) is 13.5 Å². The average Bonchev–Trinajstić information content (AvgIpc) is 3.43. The molecular weight excluding hydrogens is 411 g/mol. The molecule has 1 aliphatic rings. The van der Waals surface area contributed by atoms with Crippen LogP contribution in [0.25, 0.3) is 44.1 Å². The predicted molar refractivity (Wildman–Crippen MR) is 131 cm³/mol. The molecule has 0 saturated heterocycles. The third-order valence-electron chi connectivity index (χ3n) is 7.55. The molecule has 4 heteroatoms. The molecule has 0 N–H and O–H groups in total. The Bertz CT molecular complexity index is 1540. The molecule has 3 heterocycles. The second-order valence-corrected chi connectivity index (χ2v) is 9.71. The maximum absolute atomic E-state index is 13.8. The van der Waals surface area contributed by atoms with E-state index in [2.05, 4.69) is 67.0 Å². The number of halogens is 1. The minimum Gasteiger partial charge on any atom is -0.437 e. The first-order chi connectivity index (χ1) is 16.0. The molecule has 6 rings (SSSR count). The fraction of sp³-hybridized carbons (Fsp3) is 0.310. The topological polar surface area (TPSA) is 29.9 Å². The van der Waals surface area contributed by atoms with E-state index in [1.807, 2.05) is 0 Å². The number of furan rings is 1. The number of hydrogen-bond donors (Lipinski definition) is 0. The standard InChI is InChI=1S/C29H28FN2O/c1-17-14-24-23-10-11-25(30)31-29(23)33-28(24)26(18(17)2)27-22-9-8-20(15-19-6-4-5-7-19)16-21(22)12-13-32(27)3/h8-14,16,19H,4-7,15H2,1-3H3/q+1. The van der Waals surface area contributed by atoms with E-state index >= 15 is 0 Å². The molecule has 5 aromatic rings. The summed E-state index contributed by atoms with van der Waals surface area (Å²) in [4.78, 5) is 4.01. The van der Waals surface area contributed by atoms with Crippen molar-refractivity contribution in [2.45, 2.75) is 46.0 Å². The quantitative estimate of drug-likeness (QED) is 0.221. The number of hydrogen-bond acceptors (Lipinski definition) is 2. The smallest absolute Gasteiger partial charge is 0.229 e. The van der Waals surface area contributed by atoms with E-state index in [0.29, 0.717) is 5.71 Å². The summed E-state index contributed by atoms with van der Waals surface area (Å²) < 4.78 is 22.2. The predicted octanol–water partition coefficient (Wildman–Crippen LogP) is 7.11. The van der Waals surface area contributed by atoms with Crippen molar-refractivity contribution in [1.82, 2.24) is 4.98 Å². The van der Waals surface area contributed by atoms with E-state index in [-0.39, 0.29) is 0 Å². The van der Waals surface area contributed by atoms with Crippen molar-refractivity contribution < 1.29 is 13.4 Å². The summed E-state index contributed by atoms with van der Waals surface area (Å²) in [5, 5.41) is 4.26. The van der Waals surface area contributed by atoms with Crippen molar-refractivity contribution in [3.05, 3.63) is 71.3 Å². The second kappa shape index (κ2) is 7.65. The Labute approximate surface area is 192 Å². The Hall–Kier alpha value is -3.27. The van der Waals surface area contributed by atoms with Crippen molar-refractivity contribution >= 4 is 32.8 Å². The largest absolute Gasteiger partial charge is 0.437 e. The number of benzene rings is 2. The zero-order valence-corrected chi connectivity index (χ0v) is 19.4. The van der Waals surface area contributed by atoms with Crippen molar-refractivity contribution in [3.63, 3.8) is 0 Å². The maximum Gasteiger partial charge on any atom is 0.229 e.